The Morgan fingerprint density at radius 3 is 2.60 bits per heavy atom. The van der Waals surface area contributed by atoms with Gasteiger partial charge in [-0.15, -0.1) is 11.3 Å². The molecule has 0 aliphatic heterocycles. The van der Waals surface area contributed by atoms with E-state index in [1.54, 1.807) is 12.1 Å². The standard InChI is InChI=1S/C20H20N2O2S/c1-13(2)14-7-9-15(10-8-14)18-12-25-20(22-18)21-17-6-4-5-16(11-17)19(23)24-3/h4-13H,1-3H3,(H,21,22). The molecular formula is C20H20N2O2S. The Morgan fingerprint density at radius 1 is 1.16 bits per heavy atom. The number of esters is 1. The summed E-state index contributed by atoms with van der Waals surface area (Å²) in [5, 5.41) is 6.05. The average molecular weight is 352 g/mol. The number of nitrogens with one attached hydrogen (secondary N) is 1. The summed E-state index contributed by atoms with van der Waals surface area (Å²) in [5.74, 6) is 0.164. The molecule has 3 aromatic rings. The van der Waals surface area contributed by atoms with Crippen LogP contribution in [0.2, 0.25) is 0 Å². The minimum atomic E-state index is -0.353. The van der Waals surface area contributed by atoms with Crippen LogP contribution in [0, 0.1) is 0 Å². The highest BCUT2D eigenvalue weighted by molar-refractivity contribution is 7.14. The summed E-state index contributed by atoms with van der Waals surface area (Å²) >= 11 is 1.53. The first-order chi connectivity index (χ1) is 12.1. The van der Waals surface area contributed by atoms with Crippen LogP contribution in [0.4, 0.5) is 10.8 Å². The lowest BCUT2D eigenvalue weighted by atomic mass is 10.0. The molecule has 3 rings (SSSR count). The van der Waals surface area contributed by atoms with Crippen LogP contribution in [0.25, 0.3) is 11.3 Å². The van der Waals surface area contributed by atoms with Crippen molar-refractivity contribution in [3.8, 4) is 11.3 Å². The van der Waals surface area contributed by atoms with Crippen molar-refractivity contribution in [2.75, 3.05) is 12.4 Å². The van der Waals surface area contributed by atoms with Gasteiger partial charge in [0.15, 0.2) is 5.13 Å². The Labute approximate surface area is 151 Å². The first-order valence-corrected chi connectivity index (χ1v) is 8.96. The van der Waals surface area contributed by atoms with E-state index in [0.29, 0.717) is 11.5 Å². The van der Waals surface area contributed by atoms with Crippen LogP contribution in [-0.4, -0.2) is 18.1 Å². The topological polar surface area (TPSA) is 51.2 Å². The molecule has 1 aromatic heterocycles. The van der Waals surface area contributed by atoms with E-state index in [0.717, 1.165) is 22.1 Å². The van der Waals surface area contributed by atoms with Gasteiger partial charge in [0.2, 0.25) is 0 Å². The number of aromatic nitrogens is 1. The number of rotatable bonds is 5. The van der Waals surface area contributed by atoms with E-state index >= 15 is 0 Å². The van der Waals surface area contributed by atoms with Gasteiger partial charge in [0.25, 0.3) is 0 Å². The third-order valence-electron chi connectivity index (χ3n) is 3.91. The maximum atomic E-state index is 11.6. The van der Waals surface area contributed by atoms with Gasteiger partial charge in [-0.25, -0.2) is 9.78 Å². The van der Waals surface area contributed by atoms with Gasteiger partial charge >= 0.3 is 5.97 Å². The Morgan fingerprint density at radius 2 is 1.92 bits per heavy atom. The zero-order chi connectivity index (χ0) is 17.8. The summed E-state index contributed by atoms with van der Waals surface area (Å²) in [5.41, 5.74) is 4.66. The summed E-state index contributed by atoms with van der Waals surface area (Å²) in [6.07, 6.45) is 0. The van der Waals surface area contributed by atoms with E-state index in [4.69, 9.17) is 4.74 Å². The number of hydrogen-bond donors (Lipinski definition) is 1. The number of carbonyl (C=O) groups excluding carboxylic acids is 1. The summed E-state index contributed by atoms with van der Waals surface area (Å²) in [7, 11) is 1.38. The third-order valence-corrected chi connectivity index (χ3v) is 4.67. The van der Waals surface area contributed by atoms with Crippen molar-refractivity contribution < 1.29 is 9.53 Å². The summed E-state index contributed by atoms with van der Waals surface area (Å²) < 4.78 is 4.75. The number of anilines is 2. The Hall–Kier alpha value is -2.66. The van der Waals surface area contributed by atoms with Gasteiger partial charge in [0.05, 0.1) is 18.4 Å². The molecule has 0 amide bonds. The lowest BCUT2D eigenvalue weighted by molar-refractivity contribution is 0.0601. The van der Waals surface area contributed by atoms with Crippen molar-refractivity contribution in [3.05, 3.63) is 65.0 Å². The fourth-order valence-electron chi connectivity index (χ4n) is 2.47. The molecule has 1 heterocycles. The molecule has 0 bridgehead atoms. The average Bonchev–Trinajstić information content (AvgIpc) is 3.09. The molecule has 4 nitrogen and oxygen atoms in total. The molecule has 0 spiro atoms. The predicted octanol–water partition coefficient (Wildman–Crippen LogP) is 5.46. The van der Waals surface area contributed by atoms with Gasteiger partial charge < -0.3 is 10.1 Å². The molecule has 25 heavy (non-hydrogen) atoms. The quantitative estimate of drug-likeness (QED) is 0.619. The van der Waals surface area contributed by atoms with Crippen LogP contribution < -0.4 is 5.32 Å². The van der Waals surface area contributed by atoms with E-state index in [-0.39, 0.29) is 5.97 Å². The Bertz CT molecular complexity index is 869. The minimum Gasteiger partial charge on any atom is -0.465 e. The highest BCUT2D eigenvalue weighted by atomic mass is 32.1. The molecule has 0 radical (unpaired) electrons. The molecule has 0 unspecified atom stereocenters. The number of ether oxygens (including phenoxy) is 1. The molecule has 128 valence electrons. The van der Waals surface area contributed by atoms with Crippen LogP contribution in [0.3, 0.4) is 0 Å². The fourth-order valence-corrected chi connectivity index (χ4v) is 3.21. The van der Waals surface area contributed by atoms with Crippen molar-refractivity contribution >= 4 is 28.1 Å². The zero-order valence-electron chi connectivity index (χ0n) is 14.4. The number of nitrogens with zero attached hydrogens (tertiary/aromatic N) is 1. The lowest BCUT2D eigenvalue weighted by Gasteiger charge is -2.06. The van der Waals surface area contributed by atoms with Crippen molar-refractivity contribution in [1.82, 2.24) is 4.98 Å². The molecule has 1 N–H and O–H groups in total. The normalized spacial score (nSPS) is 10.7. The molecule has 0 saturated heterocycles. The molecule has 0 saturated carbocycles. The summed E-state index contributed by atoms with van der Waals surface area (Å²) in [6, 6.07) is 15.7. The number of thiazole rings is 1. The van der Waals surface area contributed by atoms with Crippen LogP contribution >= 0.6 is 11.3 Å². The smallest absolute Gasteiger partial charge is 0.337 e. The number of benzene rings is 2. The molecule has 0 aliphatic rings. The van der Waals surface area contributed by atoms with E-state index in [2.05, 4.69) is 48.4 Å². The second kappa shape index (κ2) is 7.49. The first-order valence-electron chi connectivity index (χ1n) is 8.08. The maximum absolute atomic E-state index is 11.6. The fraction of sp³-hybridized carbons (Fsp3) is 0.200. The van der Waals surface area contributed by atoms with E-state index in [1.807, 2.05) is 17.5 Å². The molecule has 2 aromatic carbocycles. The first kappa shape index (κ1) is 17.2. The molecule has 5 heteroatoms. The Balaban J connectivity index is 1.77. The van der Waals surface area contributed by atoms with Crippen LogP contribution in [0.1, 0.15) is 35.7 Å². The Kier molecular flexibility index (Phi) is 5.14. The van der Waals surface area contributed by atoms with Crippen LogP contribution in [-0.2, 0) is 4.74 Å². The van der Waals surface area contributed by atoms with Crippen LogP contribution in [0.5, 0.6) is 0 Å². The number of methoxy groups -OCH3 is 1. The zero-order valence-corrected chi connectivity index (χ0v) is 15.3. The maximum Gasteiger partial charge on any atom is 0.337 e. The molecule has 0 aliphatic carbocycles. The SMILES string of the molecule is COC(=O)c1cccc(Nc2nc(-c3ccc(C(C)C)cc3)cs2)c1. The van der Waals surface area contributed by atoms with Crippen LogP contribution in [0.15, 0.2) is 53.9 Å². The second-order valence-electron chi connectivity index (χ2n) is 6.01. The monoisotopic (exact) mass is 352 g/mol. The number of hydrogen-bond acceptors (Lipinski definition) is 5. The van der Waals surface area contributed by atoms with Crippen molar-refractivity contribution in [3.63, 3.8) is 0 Å². The van der Waals surface area contributed by atoms with Gasteiger partial charge in [-0.3, -0.25) is 0 Å². The highest BCUT2D eigenvalue weighted by Crippen LogP contribution is 2.28. The van der Waals surface area contributed by atoms with E-state index in [1.165, 1.54) is 24.0 Å². The predicted molar refractivity (Wildman–Crippen MR) is 103 cm³/mol. The van der Waals surface area contributed by atoms with Gasteiger partial charge in [-0.2, -0.15) is 0 Å². The van der Waals surface area contributed by atoms with Crippen molar-refractivity contribution in [2.24, 2.45) is 0 Å². The highest BCUT2D eigenvalue weighted by Gasteiger charge is 2.08. The molecule has 0 atom stereocenters. The van der Waals surface area contributed by atoms with Gasteiger partial charge in [-0.1, -0.05) is 44.2 Å². The summed E-state index contributed by atoms with van der Waals surface area (Å²) in [4.78, 5) is 16.3. The largest absolute Gasteiger partial charge is 0.465 e. The van der Waals surface area contributed by atoms with Crippen molar-refractivity contribution in [2.45, 2.75) is 19.8 Å². The van der Waals surface area contributed by atoms with Gasteiger partial charge in [-0.05, 0) is 29.7 Å². The lowest BCUT2D eigenvalue weighted by Crippen LogP contribution is -2.01. The second-order valence-corrected chi connectivity index (χ2v) is 6.87. The number of carbonyl (C=O) groups is 1. The van der Waals surface area contributed by atoms with Gasteiger partial charge in [0.1, 0.15) is 0 Å². The molecule has 0 fully saturated rings. The van der Waals surface area contributed by atoms with Gasteiger partial charge in [0, 0.05) is 16.6 Å². The van der Waals surface area contributed by atoms with Crippen molar-refractivity contribution in [1.29, 1.82) is 0 Å². The summed E-state index contributed by atoms with van der Waals surface area (Å²) in [6.45, 7) is 4.37. The minimum absolute atomic E-state index is 0.353. The van der Waals surface area contributed by atoms with E-state index in [9.17, 15) is 4.79 Å². The third kappa shape index (κ3) is 4.06. The van der Waals surface area contributed by atoms with E-state index < -0.39 is 0 Å². The molecular weight excluding hydrogens is 332 g/mol.